The maximum absolute atomic E-state index is 12.5. The number of benzene rings is 1. The van der Waals surface area contributed by atoms with Gasteiger partial charge in [-0.3, -0.25) is 9.69 Å². The van der Waals surface area contributed by atoms with Crippen molar-refractivity contribution >= 4 is 11.6 Å². The average molecular weight is 382 g/mol. The lowest BCUT2D eigenvalue weighted by atomic mass is 10.0. The van der Waals surface area contributed by atoms with Crippen molar-refractivity contribution < 1.29 is 9.21 Å². The van der Waals surface area contributed by atoms with E-state index in [-0.39, 0.29) is 11.9 Å². The molecule has 0 spiro atoms. The number of para-hydroxylation sites is 1. The molecule has 28 heavy (non-hydrogen) atoms. The van der Waals surface area contributed by atoms with Crippen molar-refractivity contribution in [2.75, 3.05) is 37.6 Å². The summed E-state index contributed by atoms with van der Waals surface area (Å²) in [5, 5.41) is 3.02. The lowest BCUT2D eigenvalue weighted by molar-refractivity contribution is 0.0918. The van der Waals surface area contributed by atoms with E-state index in [9.17, 15) is 4.79 Å². The number of carbonyl (C=O) groups excluding carboxylic acids is 1. The molecule has 0 aliphatic carbocycles. The first-order valence-electron chi connectivity index (χ1n) is 10.7. The summed E-state index contributed by atoms with van der Waals surface area (Å²) in [6.07, 6.45) is 6.12. The van der Waals surface area contributed by atoms with E-state index >= 15 is 0 Å². The van der Waals surface area contributed by atoms with Gasteiger partial charge in [-0.15, -0.1) is 0 Å². The third kappa shape index (κ3) is 4.25. The molecule has 1 fully saturated rings. The van der Waals surface area contributed by atoms with Crippen LogP contribution in [-0.4, -0.2) is 43.5 Å². The number of hydrogen-bond acceptors (Lipinski definition) is 4. The Bertz CT molecular complexity index is 795. The van der Waals surface area contributed by atoms with Gasteiger partial charge in [0, 0.05) is 25.3 Å². The van der Waals surface area contributed by atoms with Crippen molar-refractivity contribution in [1.82, 2.24) is 10.2 Å². The summed E-state index contributed by atoms with van der Waals surface area (Å²) in [4.78, 5) is 17.3. The van der Waals surface area contributed by atoms with Crippen molar-refractivity contribution in [3.05, 3.63) is 53.5 Å². The Morgan fingerprint density at radius 1 is 1.07 bits per heavy atom. The van der Waals surface area contributed by atoms with Gasteiger partial charge in [0.05, 0.1) is 6.04 Å². The first kappa shape index (κ1) is 19.1. The number of likely N-dealkylation sites (tertiary alicyclic amines) is 1. The fraction of sp³-hybridized carbons (Fsp3) is 0.522. The van der Waals surface area contributed by atoms with Crippen molar-refractivity contribution in [3.8, 4) is 0 Å². The van der Waals surface area contributed by atoms with E-state index < -0.39 is 0 Å². The third-order valence-electron chi connectivity index (χ3n) is 6.07. The van der Waals surface area contributed by atoms with E-state index in [4.69, 9.17) is 4.42 Å². The minimum absolute atomic E-state index is 0.123. The normalized spacial score (nSPS) is 18.5. The molecule has 2 aliphatic rings. The van der Waals surface area contributed by atoms with E-state index in [1.165, 1.54) is 36.9 Å². The van der Waals surface area contributed by atoms with E-state index in [0.717, 1.165) is 38.4 Å². The van der Waals surface area contributed by atoms with Crippen molar-refractivity contribution in [1.29, 1.82) is 0 Å². The predicted octanol–water partition coefficient (Wildman–Crippen LogP) is 4.01. The Balaban J connectivity index is 1.30. The second-order valence-corrected chi connectivity index (χ2v) is 7.95. The fourth-order valence-electron chi connectivity index (χ4n) is 4.42. The van der Waals surface area contributed by atoms with Crippen LogP contribution in [0, 0.1) is 0 Å². The molecular formula is C23H31N3O2. The summed E-state index contributed by atoms with van der Waals surface area (Å²) in [7, 11) is 0. The summed E-state index contributed by atoms with van der Waals surface area (Å²) >= 11 is 0. The van der Waals surface area contributed by atoms with Crippen molar-refractivity contribution in [2.24, 2.45) is 0 Å². The van der Waals surface area contributed by atoms with Gasteiger partial charge < -0.3 is 14.6 Å². The second-order valence-electron chi connectivity index (χ2n) is 7.95. The van der Waals surface area contributed by atoms with E-state index in [1.54, 1.807) is 6.07 Å². The van der Waals surface area contributed by atoms with Crippen LogP contribution in [0.15, 0.2) is 40.8 Å². The van der Waals surface area contributed by atoms with Crippen LogP contribution in [0.4, 0.5) is 5.69 Å². The maximum Gasteiger partial charge on any atom is 0.287 e. The van der Waals surface area contributed by atoms with Gasteiger partial charge in [-0.25, -0.2) is 0 Å². The number of rotatable bonds is 6. The van der Waals surface area contributed by atoms with Crippen molar-refractivity contribution in [2.45, 2.75) is 45.1 Å². The van der Waals surface area contributed by atoms with Gasteiger partial charge in [-0.1, -0.05) is 24.6 Å². The highest BCUT2D eigenvalue weighted by molar-refractivity contribution is 5.91. The molecule has 1 aromatic heterocycles. The van der Waals surface area contributed by atoms with Gasteiger partial charge in [-0.2, -0.15) is 0 Å². The molecule has 4 rings (SSSR count). The minimum Gasteiger partial charge on any atom is -0.454 e. The Kier molecular flexibility index (Phi) is 6.01. The predicted molar refractivity (Wildman–Crippen MR) is 112 cm³/mol. The van der Waals surface area contributed by atoms with Crippen LogP contribution in [0.1, 0.15) is 60.5 Å². The van der Waals surface area contributed by atoms with E-state index in [0.29, 0.717) is 12.3 Å². The molecule has 1 N–H and O–H groups in total. The molecule has 1 aromatic carbocycles. The van der Waals surface area contributed by atoms with Gasteiger partial charge in [-0.05, 0) is 69.5 Å². The number of fused-ring (bicyclic) bond motifs is 1. The molecule has 0 bridgehead atoms. The number of hydrogen-bond donors (Lipinski definition) is 1. The molecule has 3 heterocycles. The molecule has 5 nitrogen and oxygen atoms in total. The lowest BCUT2D eigenvalue weighted by Crippen LogP contribution is -2.37. The van der Waals surface area contributed by atoms with E-state index in [1.807, 2.05) is 6.07 Å². The van der Waals surface area contributed by atoms with Crippen LogP contribution >= 0.6 is 0 Å². The Morgan fingerprint density at radius 2 is 1.89 bits per heavy atom. The largest absolute Gasteiger partial charge is 0.454 e. The number of piperidine rings is 1. The molecule has 2 aliphatic heterocycles. The molecule has 0 unspecified atom stereocenters. The molecule has 1 atom stereocenters. The van der Waals surface area contributed by atoms with Crippen LogP contribution in [0.5, 0.6) is 0 Å². The van der Waals surface area contributed by atoms with E-state index in [2.05, 4.69) is 46.3 Å². The summed E-state index contributed by atoms with van der Waals surface area (Å²) in [6, 6.07) is 12.6. The van der Waals surface area contributed by atoms with Gasteiger partial charge in [0.15, 0.2) is 5.76 Å². The zero-order valence-electron chi connectivity index (χ0n) is 16.8. The quantitative estimate of drug-likeness (QED) is 0.821. The number of furan rings is 1. The summed E-state index contributed by atoms with van der Waals surface area (Å²) in [5.74, 6) is 1.18. The monoisotopic (exact) mass is 381 g/mol. The molecule has 5 heteroatoms. The summed E-state index contributed by atoms with van der Waals surface area (Å²) < 4.78 is 5.89. The molecule has 0 radical (unpaired) electrons. The topological polar surface area (TPSA) is 48.7 Å². The van der Waals surface area contributed by atoms with Gasteiger partial charge in [0.25, 0.3) is 5.91 Å². The van der Waals surface area contributed by atoms with Crippen LogP contribution in [0.2, 0.25) is 0 Å². The molecule has 0 saturated carbocycles. The van der Waals surface area contributed by atoms with Crippen molar-refractivity contribution in [3.63, 3.8) is 0 Å². The Hall–Kier alpha value is -2.27. The van der Waals surface area contributed by atoms with Gasteiger partial charge >= 0.3 is 0 Å². The zero-order valence-corrected chi connectivity index (χ0v) is 16.8. The number of anilines is 1. The lowest BCUT2D eigenvalue weighted by Gasteiger charge is -2.31. The van der Waals surface area contributed by atoms with Gasteiger partial charge in [0.1, 0.15) is 5.76 Å². The fourth-order valence-corrected chi connectivity index (χ4v) is 4.42. The highest BCUT2D eigenvalue weighted by atomic mass is 16.4. The summed E-state index contributed by atoms with van der Waals surface area (Å²) in [5.41, 5.74) is 2.71. The standard InChI is InChI=1S/C23H31N3O2/c1-18(25-14-5-2-6-15-25)21-11-12-22(28-21)23(27)24-13-17-26-16-7-9-19-8-3-4-10-20(19)26/h3-4,8,10-12,18H,2,5-7,9,13-17H2,1H3,(H,24,27)/t18-/m0/s1. The number of aryl methyl sites for hydroxylation is 1. The molecule has 2 aromatic rings. The average Bonchev–Trinajstić information content (AvgIpc) is 3.24. The number of amides is 1. The molecule has 1 amide bonds. The smallest absolute Gasteiger partial charge is 0.287 e. The highest BCUT2D eigenvalue weighted by Gasteiger charge is 2.22. The zero-order chi connectivity index (χ0) is 19.3. The SMILES string of the molecule is C[C@@H](c1ccc(C(=O)NCCN2CCCc3ccccc32)o1)N1CCCCC1. The van der Waals surface area contributed by atoms with Crippen LogP contribution < -0.4 is 10.2 Å². The minimum atomic E-state index is -0.123. The number of nitrogens with one attached hydrogen (secondary N) is 1. The van der Waals surface area contributed by atoms with Crippen LogP contribution in [-0.2, 0) is 6.42 Å². The van der Waals surface area contributed by atoms with Gasteiger partial charge in [0.2, 0.25) is 0 Å². The van der Waals surface area contributed by atoms with Crippen LogP contribution in [0.25, 0.3) is 0 Å². The summed E-state index contributed by atoms with van der Waals surface area (Å²) in [6.45, 7) is 6.87. The first-order chi connectivity index (χ1) is 13.7. The third-order valence-corrected chi connectivity index (χ3v) is 6.07. The number of nitrogens with zero attached hydrogens (tertiary/aromatic N) is 2. The Morgan fingerprint density at radius 3 is 2.75 bits per heavy atom. The molecule has 150 valence electrons. The number of carbonyl (C=O) groups is 1. The Labute approximate surface area is 167 Å². The highest BCUT2D eigenvalue weighted by Crippen LogP contribution is 2.27. The maximum atomic E-state index is 12.5. The van der Waals surface area contributed by atoms with Crippen LogP contribution in [0.3, 0.4) is 0 Å². The molecule has 1 saturated heterocycles. The molecular weight excluding hydrogens is 350 g/mol. The first-order valence-corrected chi connectivity index (χ1v) is 10.7. The second kappa shape index (κ2) is 8.82.